The van der Waals surface area contributed by atoms with Crippen LogP contribution in [0.5, 0.6) is 0 Å². The summed E-state index contributed by atoms with van der Waals surface area (Å²) < 4.78 is 23.0. The molecular weight excluding hydrogens is 292 g/mol. The van der Waals surface area contributed by atoms with Crippen molar-refractivity contribution in [1.82, 2.24) is 10.6 Å². The number of sulfone groups is 1. The van der Waals surface area contributed by atoms with Crippen molar-refractivity contribution in [2.75, 3.05) is 18.1 Å². The fraction of sp³-hybridized carbons (Fsp3) is 0.500. The van der Waals surface area contributed by atoms with Gasteiger partial charge in [-0.3, -0.25) is 4.79 Å². The highest BCUT2D eigenvalue weighted by Gasteiger charge is 2.25. The molecule has 1 unspecified atom stereocenters. The van der Waals surface area contributed by atoms with Crippen LogP contribution in [0.1, 0.15) is 17.5 Å². The summed E-state index contributed by atoms with van der Waals surface area (Å²) in [6.07, 6.45) is 0.161. The number of hydrogen-bond donors (Lipinski definition) is 3. The van der Waals surface area contributed by atoms with Crippen LogP contribution in [-0.2, 0) is 27.8 Å². The third kappa shape index (κ3) is 5.11. The Morgan fingerprint density at radius 3 is 2.57 bits per heavy atom. The first-order valence-corrected chi connectivity index (χ1v) is 8.70. The van der Waals surface area contributed by atoms with E-state index in [2.05, 4.69) is 10.6 Å². The largest absolute Gasteiger partial charge is 0.392 e. The molecule has 116 valence electrons. The van der Waals surface area contributed by atoms with Crippen molar-refractivity contribution in [3.8, 4) is 0 Å². The van der Waals surface area contributed by atoms with Gasteiger partial charge in [-0.2, -0.15) is 0 Å². The third-order valence-corrected chi connectivity index (χ3v) is 5.16. The first-order chi connectivity index (χ1) is 9.98. The van der Waals surface area contributed by atoms with Gasteiger partial charge in [-0.05, 0) is 11.1 Å². The van der Waals surface area contributed by atoms with E-state index in [9.17, 15) is 13.2 Å². The minimum Gasteiger partial charge on any atom is -0.392 e. The van der Waals surface area contributed by atoms with Crippen LogP contribution in [0.2, 0.25) is 0 Å². The normalized spacial score (nSPS) is 20.9. The predicted octanol–water partition coefficient (Wildman–Crippen LogP) is -0.428. The predicted molar refractivity (Wildman–Crippen MR) is 79.3 cm³/mol. The molecule has 3 N–H and O–H groups in total. The SMILES string of the molecule is O=C(CC1CS(=O)(=O)CCN1)NCc1ccc(CO)cc1. The monoisotopic (exact) mass is 312 g/mol. The second-order valence-corrected chi connectivity index (χ2v) is 7.45. The lowest BCUT2D eigenvalue weighted by Crippen LogP contribution is -2.47. The van der Waals surface area contributed by atoms with E-state index in [1.807, 2.05) is 12.1 Å². The number of amides is 1. The molecule has 21 heavy (non-hydrogen) atoms. The highest BCUT2D eigenvalue weighted by atomic mass is 32.2. The van der Waals surface area contributed by atoms with Crippen molar-refractivity contribution in [2.45, 2.75) is 25.6 Å². The minimum atomic E-state index is -3.02. The first-order valence-electron chi connectivity index (χ1n) is 6.88. The average Bonchev–Trinajstić information content (AvgIpc) is 2.44. The summed E-state index contributed by atoms with van der Waals surface area (Å²) in [5.74, 6) is -0.00987. The second kappa shape index (κ2) is 7.02. The van der Waals surface area contributed by atoms with Crippen LogP contribution in [0.25, 0.3) is 0 Å². The number of aliphatic hydroxyl groups excluding tert-OH is 1. The van der Waals surface area contributed by atoms with Gasteiger partial charge in [-0.25, -0.2) is 8.42 Å². The Morgan fingerprint density at radius 1 is 1.29 bits per heavy atom. The lowest BCUT2D eigenvalue weighted by atomic mass is 10.1. The summed E-state index contributed by atoms with van der Waals surface area (Å²) >= 11 is 0. The van der Waals surface area contributed by atoms with Gasteiger partial charge in [0, 0.05) is 25.6 Å². The Hall–Kier alpha value is -1.44. The minimum absolute atomic E-state index is 0.00549. The highest BCUT2D eigenvalue weighted by molar-refractivity contribution is 7.91. The van der Waals surface area contributed by atoms with E-state index in [1.54, 1.807) is 12.1 Å². The summed E-state index contributed by atoms with van der Waals surface area (Å²) in [4.78, 5) is 11.8. The van der Waals surface area contributed by atoms with Crippen LogP contribution in [0.4, 0.5) is 0 Å². The zero-order chi connectivity index (χ0) is 15.3. The third-order valence-electron chi connectivity index (χ3n) is 3.43. The summed E-state index contributed by atoms with van der Waals surface area (Å²) in [5.41, 5.74) is 1.76. The van der Waals surface area contributed by atoms with Gasteiger partial charge < -0.3 is 15.7 Å². The summed E-state index contributed by atoms with van der Waals surface area (Å²) in [7, 11) is -3.02. The van der Waals surface area contributed by atoms with Crippen molar-refractivity contribution in [3.63, 3.8) is 0 Å². The van der Waals surface area contributed by atoms with Gasteiger partial charge in [0.2, 0.25) is 5.91 Å². The van der Waals surface area contributed by atoms with Gasteiger partial charge in [-0.15, -0.1) is 0 Å². The van der Waals surface area contributed by atoms with E-state index < -0.39 is 9.84 Å². The molecule has 1 amide bonds. The summed E-state index contributed by atoms with van der Waals surface area (Å²) in [6.45, 7) is 0.793. The molecule has 1 aliphatic heterocycles. The standard InChI is InChI=1S/C14H20N2O4S/c17-9-12-3-1-11(2-4-12)8-16-14(18)7-13-10-21(19,20)6-5-15-13/h1-4,13,15,17H,5-10H2,(H,16,18). The topological polar surface area (TPSA) is 95.5 Å². The Kier molecular flexibility index (Phi) is 5.33. The lowest BCUT2D eigenvalue weighted by molar-refractivity contribution is -0.121. The van der Waals surface area contributed by atoms with E-state index in [-0.39, 0.29) is 36.5 Å². The van der Waals surface area contributed by atoms with Crippen molar-refractivity contribution < 1.29 is 18.3 Å². The number of carbonyl (C=O) groups excluding carboxylic acids is 1. The molecular formula is C14H20N2O4S. The molecule has 0 spiro atoms. The molecule has 0 radical (unpaired) electrons. The van der Waals surface area contributed by atoms with Gasteiger partial charge in [0.15, 0.2) is 9.84 Å². The zero-order valence-corrected chi connectivity index (χ0v) is 12.5. The van der Waals surface area contributed by atoms with E-state index in [1.165, 1.54) is 0 Å². The van der Waals surface area contributed by atoms with Crippen LogP contribution in [-0.4, -0.2) is 43.5 Å². The molecule has 0 aliphatic carbocycles. The summed E-state index contributed by atoms with van der Waals surface area (Å²) in [6, 6.07) is 6.98. The molecule has 1 fully saturated rings. The van der Waals surface area contributed by atoms with Crippen molar-refractivity contribution in [3.05, 3.63) is 35.4 Å². The van der Waals surface area contributed by atoms with E-state index in [0.717, 1.165) is 11.1 Å². The van der Waals surface area contributed by atoms with E-state index in [0.29, 0.717) is 13.1 Å². The van der Waals surface area contributed by atoms with Crippen LogP contribution >= 0.6 is 0 Å². The Morgan fingerprint density at radius 2 is 1.95 bits per heavy atom. The smallest absolute Gasteiger partial charge is 0.221 e. The zero-order valence-electron chi connectivity index (χ0n) is 11.7. The molecule has 6 nitrogen and oxygen atoms in total. The van der Waals surface area contributed by atoms with Gasteiger partial charge in [0.25, 0.3) is 0 Å². The number of benzene rings is 1. The molecule has 0 bridgehead atoms. The maximum absolute atomic E-state index is 11.8. The Balaban J connectivity index is 1.79. The number of aliphatic hydroxyl groups is 1. The number of carbonyl (C=O) groups is 1. The molecule has 1 heterocycles. The average molecular weight is 312 g/mol. The molecule has 2 rings (SSSR count). The van der Waals surface area contributed by atoms with Gasteiger partial charge >= 0.3 is 0 Å². The maximum Gasteiger partial charge on any atom is 0.221 e. The molecule has 0 aromatic heterocycles. The van der Waals surface area contributed by atoms with Crippen LogP contribution in [0.15, 0.2) is 24.3 Å². The first kappa shape index (κ1) is 15.9. The fourth-order valence-corrected chi connectivity index (χ4v) is 3.70. The van der Waals surface area contributed by atoms with Crippen molar-refractivity contribution in [2.24, 2.45) is 0 Å². The Bertz CT molecular complexity index is 583. The number of hydrogen-bond acceptors (Lipinski definition) is 5. The molecule has 1 atom stereocenters. The number of rotatable bonds is 5. The van der Waals surface area contributed by atoms with Gasteiger partial charge in [0.05, 0.1) is 18.1 Å². The van der Waals surface area contributed by atoms with Crippen LogP contribution in [0, 0.1) is 0 Å². The Labute approximate surface area is 124 Å². The molecule has 7 heteroatoms. The van der Waals surface area contributed by atoms with Gasteiger partial charge in [-0.1, -0.05) is 24.3 Å². The van der Waals surface area contributed by atoms with Crippen LogP contribution in [0.3, 0.4) is 0 Å². The lowest BCUT2D eigenvalue weighted by Gasteiger charge is -2.23. The fourth-order valence-electron chi connectivity index (χ4n) is 2.26. The van der Waals surface area contributed by atoms with Crippen molar-refractivity contribution in [1.29, 1.82) is 0 Å². The molecule has 1 aromatic rings. The highest BCUT2D eigenvalue weighted by Crippen LogP contribution is 2.06. The molecule has 1 aliphatic rings. The van der Waals surface area contributed by atoms with E-state index >= 15 is 0 Å². The molecule has 1 aromatic carbocycles. The van der Waals surface area contributed by atoms with Crippen LogP contribution < -0.4 is 10.6 Å². The summed E-state index contributed by atoms with van der Waals surface area (Å²) in [5, 5.41) is 14.8. The number of nitrogens with one attached hydrogen (secondary N) is 2. The van der Waals surface area contributed by atoms with Crippen molar-refractivity contribution >= 4 is 15.7 Å². The second-order valence-electron chi connectivity index (χ2n) is 5.22. The van der Waals surface area contributed by atoms with Gasteiger partial charge in [0.1, 0.15) is 0 Å². The maximum atomic E-state index is 11.8. The molecule has 0 saturated carbocycles. The van der Waals surface area contributed by atoms with E-state index in [4.69, 9.17) is 5.11 Å². The quantitative estimate of drug-likeness (QED) is 0.686. The molecule has 1 saturated heterocycles.